The first-order chi connectivity index (χ1) is 7.65. The summed E-state index contributed by atoms with van der Waals surface area (Å²) in [5, 5.41) is 10.4. The van der Waals surface area contributed by atoms with Crippen LogP contribution in [-0.4, -0.2) is 15.9 Å². The van der Waals surface area contributed by atoms with E-state index >= 15 is 0 Å². The summed E-state index contributed by atoms with van der Waals surface area (Å²) in [6.07, 6.45) is 1.30. The first kappa shape index (κ1) is 10.5. The number of benzene rings is 1. The van der Waals surface area contributed by atoms with E-state index in [1.807, 2.05) is 0 Å². The highest BCUT2D eigenvalue weighted by molar-refractivity contribution is 6.00. The van der Waals surface area contributed by atoms with Crippen LogP contribution >= 0.6 is 0 Å². The standard InChI is InChI=1S/C13H11NO2/c1-3-9-13(16)11-8-6-5-7-10(11)12(15)14(13)4-2/h4-8,16H,2H2,1H3/t13-/m0/s1. The van der Waals surface area contributed by atoms with Crippen molar-refractivity contribution in [2.45, 2.75) is 12.6 Å². The van der Waals surface area contributed by atoms with E-state index in [2.05, 4.69) is 18.4 Å². The first-order valence-corrected chi connectivity index (χ1v) is 4.87. The maximum atomic E-state index is 11.9. The third-order valence-corrected chi connectivity index (χ3v) is 2.58. The number of aliphatic hydroxyl groups is 1. The molecule has 0 fully saturated rings. The van der Waals surface area contributed by atoms with Crippen LogP contribution < -0.4 is 0 Å². The average Bonchev–Trinajstić information content (AvgIpc) is 2.50. The Balaban J connectivity index is 2.72. The van der Waals surface area contributed by atoms with Crippen molar-refractivity contribution in [2.75, 3.05) is 0 Å². The number of carbonyl (C=O) groups excluding carboxylic acids is 1. The highest BCUT2D eigenvalue weighted by atomic mass is 16.3. The zero-order valence-corrected chi connectivity index (χ0v) is 8.90. The van der Waals surface area contributed by atoms with Gasteiger partial charge in [-0.15, -0.1) is 5.92 Å². The molecular formula is C13H11NO2. The Morgan fingerprint density at radius 2 is 2.19 bits per heavy atom. The normalized spacial score (nSPS) is 22.4. The highest BCUT2D eigenvalue weighted by Crippen LogP contribution is 2.36. The van der Waals surface area contributed by atoms with Crippen LogP contribution in [-0.2, 0) is 5.72 Å². The molecule has 0 saturated heterocycles. The van der Waals surface area contributed by atoms with Gasteiger partial charge < -0.3 is 5.11 Å². The number of rotatable bonds is 1. The van der Waals surface area contributed by atoms with Crippen LogP contribution in [0.2, 0.25) is 0 Å². The molecule has 1 heterocycles. The summed E-state index contributed by atoms with van der Waals surface area (Å²) in [7, 11) is 0. The van der Waals surface area contributed by atoms with Crippen LogP contribution in [0.15, 0.2) is 37.0 Å². The molecule has 0 spiro atoms. The number of hydrogen-bond donors (Lipinski definition) is 1. The van der Waals surface area contributed by atoms with Gasteiger partial charge in [0, 0.05) is 17.3 Å². The second kappa shape index (κ2) is 3.51. The molecule has 0 aromatic heterocycles. The Kier molecular flexibility index (Phi) is 2.30. The van der Waals surface area contributed by atoms with Gasteiger partial charge in [-0.3, -0.25) is 9.69 Å². The van der Waals surface area contributed by atoms with Crippen molar-refractivity contribution in [2.24, 2.45) is 0 Å². The maximum Gasteiger partial charge on any atom is 0.261 e. The van der Waals surface area contributed by atoms with Gasteiger partial charge >= 0.3 is 0 Å². The predicted molar refractivity (Wildman–Crippen MR) is 60.2 cm³/mol. The topological polar surface area (TPSA) is 40.5 Å². The molecule has 0 saturated carbocycles. The minimum Gasteiger partial charge on any atom is -0.357 e. The minimum atomic E-state index is -1.58. The van der Waals surface area contributed by atoms with E-state index < -0.39 is 5.72 Å². The molecule has 16 heavy (non-hydrogen) atoms. The predicted octanol–water partition coefficient (Wildman–Crippen LogP) is 1.45. The fraction of sp³-hybridized carbons (Fsp3) is 0.154. The number of nitrogens with zero attached hydrogens (tertiary/aromatic N) is 1. The largest absolute Gasteiger partial charge is 0.357 e. The lowest BCUT2D eigenvalue weighted by Gasteiger charge is -2.25. The molecule has 0 radical (unpaired) electrons. The summed E-state index contributed by atoms with van der Waals surface area (Å²) in [4.78, 5) is 13.1. The van der Waals surface area contributed by atoms with Crippen molar-refractivity contribution in [1.29, 1.82) is 0 Å². The molecule has 80 valence electrons. The lowest BCUT2D eigenvalue weighted by molar-refractivity contribution is -0.0110. The Morgan fingerprint density at radius 1 is 1.50 bits per heavy atom. The van der Waals surface area contributed by atoms with Crippen LogP contribution in [0, 0.1) is 11.8 Å². The van der Waals surface area contributed by atoms with Crippen molar-refractivity contribution in [3.8, 4) is 11.8 Å². The van der Waals surface area contributed by atoms with E-state index in [1.54, 1.807) is 31.2 Å². The zero-order chi connectivity index (χ0) is 11.8. The van der Waals surface area contributed by atoms with Gasteiger partial charge in [0.15, 0.2) is 0 Å². The van der Waals surface area contributed by atoms with E-state index in [1.165, 1.54) is 6.20 Å². The average molecular weight is 213 g/mol. The Bertz CT molecular complexity index is 524. The molecule has 2 rings (SSSR count). The maximum absolute atomic E-state index is 11.9. The Morgan fingerprint density at radius 3 is 2.81 bits per heavy atom. The van der Waals surface area contributed by atoms with Crippen LogP contribution in [0.5, 0.6) is 0 Å². The smallest absolute Gasteiger partial charge is 0.261 e. The summed E-state index contributed by atoms with van der Waals surface area (Å²) < 4.78 is 0. The van der Waals surface area contributed by atoms with E-state index in [-0.39, 0.29) is 5.91 Å². The number of hydrogen-bond acceptors (Lipinski definition) is 2. The summed E-state index contributed by atoms with van der Waals surface area (Å²) in [5.41, 5.74) is -0.605. The molecule has 1 aliphatic heterocycles. The third-order valence-electron chi connectivity index (χ3n) is 2.58. The number of carbonyl (C=O) groups is 1. The van der Waals surface area contributed by atoms with E-state index in [4.69, 9.17) is 0 Å². The van der Waals surface area contributed by atoms with Gasteiger partial charge in [-0.25, -0.2) is 0 Å². The lowest BCUT2D eigenvalue weighted by atomic mass is 10.0. The van der Waals surface area contributed by atoms with E-state index in [9.17, 15) is 9.90 Å². The van der Waals surface area contributed by atoms with Crippen molar-refractivity contribution in [3.63, 3.8) is 0 Å². The van der Waals surface area contributed by atoms with E-state index in [0.29, 0.717) is 11.1 Å². The van der Waals surface area contributed by atoms with Gasteiger partial charge in [-0.1, -0.05) is 24.8 Å². The number of fused-ring (bicyclic) bond motifs is 1. The van der Waals surface area contributed by atoms with Gasteiger partial charge in [0.2, 0.25) is 5.72 Å². The zero-order valence-electron chi connectivity index (χ0n) is 8.90. The lowest BCUT2D eigenvalue weighted by Crippen LogP contribution is -2.38. The Hall–Kier alpha value is -2.05. The molecule has 1 aromatic rings. The van der Waals surface area contributed by atoms with Crippen LogP contribution in [0.25, 0.3) is 0 Å². The fourth-order valence-electron chi connectivity index (χ4n) is 1.90. The number of amides is 1. The van der Waals surface area contributed by atoms with Gasteiger partial charge in [-0.05, 0) is 18.9 Å². The van der Waals surface area contributed by atoms with Gasteiger partial charge in [0.1, 0.15) is 0 Å². The van der Waals surface area contributed by atoms with Crippen molar-refractivity contribution in [1.82, 2.24) is 4.90 Å². The molecule has 0 unspecified atom stereocenters. The van der Waals surface area contributed by atoms with Crippen molar-refractivity contribution in [3.05, 3.63) is 48.2 Å². The Labute approximate surface area is 94.0 Å². The van der Waals surface area contributed by atoms with Gasteiger partial charge in [-0.2, -0.15) is 0 Å². The molecule has 1 aliphatic rings. The van der Waals surface area contributed by atoms with Gasteiger partial charge in [0.25, 0.3) is 5.91 Å². The molecule has 1 N–H and O–H groups in total. The first-order valence-electron chi connectivity index (χ1n) is 4.87. The molecule has 3 heteroatoms. The summed E-state index contributed by atoms with van der Waals surface area (Å²) in [6.45, 7) is 5.15. The summed E-state index contributed by atoms with van der Waals surface area (Å²) in [6, 6.07) is 6.88. The third kappa shape index (κ3) is 1.17. The molecule has 1 atom stereocenters. The second-order valence-electron chi connectivity index (χ2n) is 3.45. The van der Waals surface area contributed by atoms with Gasteiger partial charge in [0.05, 0.1) is 0 Å². The van der Waals surface area contributed by atoms with E-state index in [0.717, 1.165) is 4.90 Å². The molecule has 1 amide bonds. The molecular weight excluding hydrogens is 202 g/mol. The van der Waals surface area contributed by atoms with Crippen LogP contribution in [0.1, 0.15) is 22.8 Å². The van der Waals surface area contributed by atoms with Crippen LogP contribution in [0.4, 0.5) is 0 Å². The van der Waals surface area contributed by atoms with Crippen molar-refractivity contribution >= 4 is 5.91 Å². The quantitative estimate of drug-likeness (QED) is 0.717. The highest BCUT2D eigenvalue weighted by Gasteiger charge is 2.46. The van der Waals surface area contributed by atoms with Crippen molar-refractivity contribution < 1.29 is 9.90 Å². The minimum absolute atomic E-state index is 0.282. The SMILES string of the molecule is C=CN1C(=O)c2ccccc2[C@@]1(O)C#CC. The molecule has 3 nitrogen and oxygen atoms in total. The molecule has 0 aliphatic carbocycles. The molecule has 0 bridgehead atoms. The monoisotopic (exact) mass is 213 g/mol. The van der Waals surface area contributed by atoms with Crippen LogP contribution in [0.3, 0.4) is 0 Å². The summed E-state index contributed by atoms with van der Waals surface area (Å²) in [5.74, 6) is 5.00. The fourth-order valence-corrected chi connectivity index (χ4v) is 1.90. The molecule has 1 aromatic carbocycles. The summed E-state index contributed by atoms with van der Waals surface area (Å²) >= 11 is 0. The second-order valence-corrected chi connectivity index (χ2v) is 3.45.